The number of aliphatic hydroxyl groups excluding tert-OH is 3. The van der Waals surface area contributed by atoms with Crippen molar-refractivity contribution in [3.8, 4) is 0 Å². The number of piperidine rings is 1. The van der Waals surface area contributed by atoms with Crippen molar-refractivity contribution >= 4 is 0 Å². The van der Waals surface area contributed by atoms with E-state index in [0.717, 1.165) is 6.54 Å². The molecule has 5 N–H and O–H groups in total. The van der Waals surface area contributed by atoms with Crippen LogP contribution in [0.4, 0.5) is 0 Å². The average Bonchev–Trinajstić information content (AvgIpc) is 2.43. The van der Waals surface area contributed by atoms with E-state index in [1.165, 1.54) is 0 Å². The third-order valence-electron chi connectivity index (χ3n) is 3.13. The molecule has 2 rings (SSSR count). The summed E-state index contributed by atoms with van der Waals surface area (Å²) < 4.78 is 0. The summed E-state index contributed by atoms with van der Waals surface area (Å²) in [5.74, 6) is 0. The summed E-state index contributed by atoms with van der Waals surface area (Å²) in [6.07, 6.45) is -1.47. The van der Waals surface area contributed by atoms with E-state index < -0.39 is 24.4 Å². The highest BCUT2D eigenvalue weighted by atomic mass is 16.3. The second-order valence-electron chi connectivity index (χ2n) is 3.98. The highest BCUT2D eigenvalue weighted by molar-refractivity contribution is 5.03. The molecule has 0 saturated carbocycles. The summed E-state index contributed by atoms with van der Waals surface area (Å²) >= 11 is 0. The van der Waals surface area contributed by atoms with Crippen LogP contribution in [0.2, 0.25) is 0 Å². The van der Waals surface area contributed by atoms with Crippen LogP contribution in [0.15, 0.2) is 0 Å². The van der Waals surface area contributed by atoms with Crippen LogP contribution < -0.4 is 5.73 Å². The quantitative estimate of drug-likeness (QED) is 0.337. The maximum atomic E-state index is 9.58. The molecule has 76 valence electrons. The van der Waals surface area contributed by atoms with Crippen molar-refractivity contribution < 1.29 is 15.3 Å². The number of hydrogen-bond donors (Lipinski definition) is 4. The molecule has 0 amide bonds. The third kappa shape index (κ3) is 1.37. The van der Waals surface area contributed by atoms with E-state index in [1.807, 2.05) is 4.90 Å². The first-order valence-electron chi connectivity index (χ1n) is 4.65. The zero-order chi connectivity index (χ0) is 9.59. The summed E-state index contributed by atoms with van der Waals surface area (Å²) in [5, 5.41) is 28.5. The Bertz CT molecular complexity index is 202. The molecule has 5 atom stereocenters. The molecule has 2 saturated heterocycles. The van der Waals surface area contributed by atoms with Crippen LogP contribution in [0.25, 0.3) is 0 Å². The number of nitrogens with zero attached hydrogens (tertiary/aromatic N) is 1. The second-order valence-corrected chi connectivity index (χ2v) is 3.98. The first-order chi connectivity index (χ1) is 6.11. The van der Waals surface area contributed by atoms with Crippen molar-refractivity contribution in [2.24, 2.45) is 5.73 Å². The standard InChI is InChI=1S/C8H16N2O3/c9-6-7-4(11)1-2-10(7)3-5(12)8(6)13/h4-8,11-13H,1-3,9H2/t4-,5-,6+,7+,8+/m0/s1. The summed E-state index contributed by atoms with van der Waals surface area (Å²) in [6.45, 7) is 1.17. The highest BCUT2D eigenvalue weighted by Crippen LogP contribution is 2.26. The van der Waals surface area contributed by atoms with E-state index >= 15 is 0 Å². The van der Waals surface area contributed by atoms with Gasteiger partial charge in [0.05, 0.1) is 30.4 Å². The number of fused-ring (bicyclic) bond motifs is 1. The van der Waals surface area contributed by atoms with E-state index in [0.29, 0.717) is 13.0 Å². The fraction of sp³-hybridized carbons (Fsp3) is 1.00. The fourth-order valence-electron chi connectivity index (χ4n) is 2.38. The fourth-order valence-corrected chi connectivity index (χ4v) is 2.38. The largest absolute Gasteiger partial charge is 0.391 e. The molecule has 0 aromatic carbocycles. The van der Waals surface area contributed by atoms with Gasteiger partial charge in [-0.1, -0.05) is 0 Å². The number of aliphatic hydroxyl groups is 3. The molecular weight excluding hydrogens is 172 g/mol. The van der Waals surface area contributed by atoms with Gasteiger partial charge in [-0.15, -0.1) is 0 Å². The van der Waals surface area contributed by atoms with Gasteiger partial charge in [0.2, 0.25) is 0 Å². The van der Waals surface area contributed by atoms with Gasteiger partial charge in [-0.2, -0.15) is 0 Å². The van der Waals surface area contributed by atoms with Crippen molar-refractivity contribution in [3.63, 3.8) is 0 Å². The first kappa shape index (κ1) is 9.36. The lowest BCUT2D eigenvalue weighted by Gasteiger charge is -2.41. The Hall–Kier alpha value is -0.200. The minimum absolute atomic E-state index is 0.182. The third-order valence-corrected chi connectivity index (χ3v) is 3.13. The molecule has 2 heterocycles. The normalized spacial score (nSPS) is 52.2. The van der Waals surface area contributed by atoms with Gasteiger partial charge >= 0.3 is 0 Å². The molecule has 0 bridgehead atoms. The van der Waals surface area contributed by atoms with E-state index in [2.05, 4.69) is 0 Å². The summed E-state index contributed by atoms with van der Waals surface area (Å²) in [5.41, 5.74) is 5.73. The molecule has 0 radical (unpaired) electrons. The van der Waals surface area contributed by atoms with E-state index in [4.69, 9.17) is 5.73 Å². The van der Waals surface area contributed by atoms with Gasteiger partial charge < -0.3 is 21.1 Å². The predicted octanol–water partition coefficient (Wildman–Crippen LogP) is -2.52. The van der Waals surface area contributed by atoms with Crippen molar-refractivity contribution in [2.75, 3.05) is 13.1 Å². The monoisotopic (exact) mass is 188 g/mol. The van der Waals surface area contributed by atoms with E-state index in [9.17, 15) is 15.3 Å². The van der Waals surface area contributed by atoms with Crippen LogP contribution in [-0.2, 0) is 0 Å². The Balaban J connectivity index is 2.15. The van der Waals surface area contributed by atoms with Crippen LogP contribution in [0.5, 0.6) is 0 Å². The van der Waals surface area contributed by atoms with Crippen LogP contribution >= 0.6 is 0 Å². The maximum Gasteiger partial charge on any atom is 0.0978 e. The molecule has 5 heteroatoms. The minimum Gasteiger partial charge on any atom is -0.391 e. The summed E-state index contributed by atoms with van der Waals surface area (Å²) in [4.78, 5) is 1.95. The molecule has 2 fully saturated rings. The number of hydrogen-bond acceptors (Lipinski definition) is 5. The average molecular weight is 188 g/mol. The molecule has 5 nitrogen and oxygen atoms in total. The molecule has 0 aromatic rings. The molecule has 0 aromatic heterocycles. The Morgan fingerprint density at radius 3 is 2.54 bits per heavy atom. The lowest BCUT2D eigenvalue weighted by molar-refractivity contribution is -0.0777. The van der Waals surface area contributed by atoms with Crippen molar-refractivity contribution in [1.82, 2.24) is 4.90 Å². The molecule has 2 aliphatic rings. The van der Waals surface area contributed by atoms with Crippen LogP contribution in [0.1, 0.15) is 6.42 Å². The Kier molecular flexibility index (Phi) is 2.29. The van der Waals surface area contributed by atoms with Crippen LogP contribution in [0, 0.1) is 0 Å². The van der Waals surface area contributed by atoms with Gasteiger partial charge in [0, 0.05) is 13.1 Å². The topological polar surface area (TPSA) is 90.0 Å². The molecule has 0 spiro atoms. The summed E-state index contributed by atoms with van der Waals surface area (Å²) in [6, 6.07) is -0.723. The molecule has 0 unspecified atom stereocenters. The van der Waals surface area contributed by atoms with Gasteiger partial charge in [0.1, 0.15) is 0 Å². The van der Waals surface area contributed by atoms with Gasteiger partial charge in [-0.3, -0.25) is 4.90 Å². The van der Waals surface area contributed by atoms with Gasteiger partial charge in [-0.25, -0.2) is 0 Å². The van der Waals surface area contributed by atoms with Gasteiger partial charge in [0.25, 0.3) is 0 Å². The number of rotatable bonds is 0. The van der Waals surface area contributed by atoms with Crippen molar-refractivity contribution in [3.05, 3.63) is 0 Å². The lowest BCUT2D eigenvalue weighted by Crippen LogP contribution is -2.64. The van der Waals surface area contributed by atoms with Gasteiger partial charge in [0.15, 0.2) is 0 Å². The second kappa shape index (κ2) is 3.18. The predicted molar refractivity (Wildman–Crippen MR) is 46.0 cm³/mol. The molecule has 2 aliphatic heterocycles. The van der Waals surface area contributed by atoms with Crippen molar-refractivity contribution in [2.45, 2.75) is 36.8 Å². The van der Waals surface area contributed by atoms with Gasteiger partial charge in [-0.05, 0) is 6.42 Å². The zero-order valence-electron chi connectivity index (χ0n) is 7.37. The maximum absolute atomic E-state index is 9.58. The van der Waals surface area contributed by atoms with E-state index in [1.54, 1.807) is 0 Å². The summed E-state index contributed by atoms with van der Waals surface area (Å²) in [7, 11) is 0. The molecule has 13 heavy (non-hydrogen) atoms. The SMILES string of the molecule is N[C@H]1[C@H](O)[C@@H](O)CN2CC[C@H](O)[C@H]12. The zero-order valence-corrected chi connectivity index (χ0v) is 7.37. The number of nitrogens with two attached hydrogens (primary N) is 1. The van der Waals surface area contributed by atoms with E-state index in [-0.39, 0.29) is 6.04 Å². The van der Waals surface area contributed by atoms with Crippen LogP contribution in [-0.4, -0.2) is 63.7 Å². The van der Waals surface area contributed by atoms with Crippen molar-refractivity contribution in [1.29, 1.82) is 0 Å². The van der Waals surface area contributed by atoms with Crippen LogP contribution in [0.3, 0.4) is 0 Å². The molecular formula is C8H16N2O3. The highest BCUT2D eigenvalue weighted by Gasteiger charge is 2.46. The lowest BCUT2D eigenvalue weighted by atomic mass is 9.91. The smallest absolute Gasteiger partial charge is 0.0978 e. The molecule has 0 aliphatic carbocycles. The Morgan fingerprint density at radius 1 is 1.15 bits per heavy atom. The Morgan fingerprint density at radius 2 is 1.85 bits per heavy atom. The first-order valence-corrected chi connectivity index (χ1v) is 4.65. The Labute approximate surface area is 76.8 Å². The minimum atomic E-state index is -0.908.